The summed E-state index contributed by atoms with van der Waals surface area (Å²) in [5.41, 5.74) is 2.09. The van der Waals surface area contributed by atoms with Gasteiger partial charge in [-0.3, -0.25) is 0 Å². The van der Waals surface area contributed by atoms with E-state index in [1.165, 1.54) is 10.5 Å². The summed E-state index contributed by atoms with van der Waals surface area (Å²) >= 11 is 1.86. The molecule has 0 bridgehead atoms. The zero-order chi connectivity index (χ0) is 16.5. The van der Waals surface area contributed by atoms with Crippen LogP contribution in [0.1, 0.15) is 48.4 Å². The zero-order valence-corrected chi connectivity index (χ0v) is 14.5. The van der Waals surface area contributed by atoms with Gasteiger partial charge in [0.2, 0.25) is 0 Å². The molecule has 126 valence electrons. The van der Waals surface area contributed by atoms with Crippen molar-refractivity contribution in [3.05, 3.63) is 47.3 Å². The second-order valence-corrected chi connectivity index (χ2v) is 7.54. The molecule has 1 N–H and O–H groups in total. The van der Waals surface area contributed by atoms with Crippen LogP contribution in [0.2, 0.25) is 0 Å². The van der Waals surface area contributed by atoms with Crippen molar-refractivity contribution >= 4 is 17.8 Å². The minimum Gasteiger partial charge on any atom is -0.359 e. The Morgan fingerprint density at radius 2 is 2.25 bits per heavy atom. The van der Waals surface area contributed by atoms with Gasteiger partial charge in [0, 0.05) is 23.3 Å². The van der Waals surface area contributed by atoms with Crippen LogP contribution in [0, 0.1) is 6.92 Å². The lowest BCUT2D eigenvalue weighted by Gasteiger charge is -2.30. The highest BCUT2D eigenvalue weighted by Gasteiger charge is 2.34. The molecular formula is C18H21N3O2S. The van der Waals surface area contributed by atoms with Crippen LogP contribution in [-0.2, 0) is 0 Å². The molecule has 2 aliphatic rings. The summed E-state index contributed by atoms with van der Waals surface area (Å²) in [5.74, 6) is 1.83. The molecule has 4 rings (SSSR count). The van der Waals surface area contributed by atoms with E-state index >= 15 is 0 Å². The predicted molar refractivity (Wildman–Crippen MR) is 93.0 cm³/mol. The van der Waals surface area contributed by atoms with Crippen molar-refractivity contribution in [1.82, 2.24) is 15.4 Å². The van der Waals surface area contributed by atoms with Crippen molar-refractivity contribution in [2.45, 2.75) is 43.2 Å². The molecule has 1 aromatic carbocycles. The van der Waals surface area contributed by atoms with Gasteiger partial charge in [0.1, 0.15) is 0 Å². The van der Waals surface area contributed by atoms with Gasteiger partial charge in [-0.1, -0.05) is 23.4 Å². The lowest BCUT2D eigenvalue weighted by molar-refractivity contribution is 0.178. The monoisotopic (exact) mass is 343 g/mol. The van der Waals surface area contributed by atoms with Gasteiger partial charge in [-0.2, -0.15) is 0 Å². The first-order valence-corrected chi connectivity index (χ1v) is 9.43. The van der Waals surface area contributed by atoms with Gasteiger partial charge < -0.3 is 14.7 Å². The molecule has 1 saturated heterocycles. The maximum Gasteiger partial charge on any atom is 0.318 e. The van der Waals surface area contributed by atoms with Gasteiger partial charge in [-0.05, 0) is 37.8 Å². The van der Waals surface area contributed by atoms with Crippen molar-refractivity contribution < 1.29 is 9.32 Å². The SMILES string of the molecule is Cc1cc([C@H]2CCCN2C(=O)N[C@H]2CCSc3ccccc32)on1. The fourth-order valence-electron chi connectivity index (χ4n) is 3.57. The first-order valence-electron chi connectivity index (χ1n) is 8.44. The summed E-state index contributed by atoms with van der Waals surface area (Å²) in [7, 11) is 0. The highest BCUT2D eigenvalue weighted by atomic mass is 32.2. The number of amides is 2. The lowest BCUT2D eigenvalue weighted by atomic mass is 10.0. The summed E-state index contributed by atoms with van der Waals surface area (Å²) in [5, 5.41) is 7.20. The van der Waals surface area contributed by atoms with Gasteiger partial charge in [-0.25, -0.2) is 4.79 Å². The van der Waals surface area contributed by atoms with E-state index in [-0.39, 0.29) is 18.1 Å². The molecule has 0 saturated carbocycles. The zero-order valence-electron chi connectivity index (χ0n) is 13.7. The van der Waals surface area contributed by atoms with Crippen molar-refractivity contribution in [3.8, 4) is 0 Å². The Labute approximate surface area is 145 Å². The number of rotatable bonds is 2. The van der Waals surface area contributed by atoms with E-state index in [1.807, 2.05) is 35.7 Å². The van der Waals surface area contributed by atoms with E-state index in [0.717, 1.165) is 43.0 Å². The Morgan fingerprint density at radius 1 is 1.38 bits per heavy atom. The van der Waals surface area contributed by atoms with E-state index < -0.39 is 0 Å². The summed E-state index contributed by atoms with van der Waals surface area (Å²) in [6.07, 6.45) is 2.89. The molecule has 0 radical (unpaired) electrons. The number of hydrogen-bond donors (Lipinski definition) is 1. The number of aromatic nitrogens is 1. The molecule has 3 heterocycles. The highest BCUT2D eigenvalue weighted by molar-refractivity contribution is 7.99. The minimum atomic E-state index is -0.00161. The molecule has 1 aromatic heterocycles. The summed E-state index contributed by atoms with van der Waals surface area (Å²) < 4.78 is 5.40. The third-order valence-electron chi connectivity index (χ3n) is 4.74. The van der Waals surface area contributed by atoms with Crippen molar-refractivity contribution in [2.75, 3.05) is 12.3 Å². The number of fused-ring (bicyclic) bond motifs is 1. The largest absolute Gasteiger partial charge is 0.359 e. The van der Waals surface area contributed by atoms with Crippen LogP contribution < -0.4 is 5.32 Å². The van der Waals surface area contributed by atoms with Gasteiger partial charge in [0.15, 0.2) is 5.76 Å². The molecular weight excluding hydrogens is 322 g/mol. The first-order chi connectivity index (χ1) is 11.7. The maximum atomic E-state index is 12.9. The molecule has 0 spiro atoms. The number of carbonyl (C=O) groups is 1. The molecule has 6 heteroatoms. The molecule has 5 nitrogen and oxygen atoms in total. The summed E-state index contributed by atoms with van der Waals surface area (Å²) in [4.78, 5) is 16.0. The molecule has 0 unspecified atom stereocenters. The number of benzene rings is 1. The maximum absolute atomic E-state index is 12.9. The number of hydrogen-bond acceptors (Lipinski definition) is 4. The molecule has 1 fully saturated rings. The van der Waals surface area contributed by atoms with Crippen molar-refractivity contribution in [2.24, 2.45) is 0 Å². The number of urea groups is 1. The quantitative estimate of drug-likeness (QED) is 0.893. The Morgan fingerprint density at radius 3 is 3.08 bits per heavy atom. The number of thioether (sulfide) groups is 1. The number of likely N-dealkylation sites (tertiary alicyclic amines) is 1. The molecule has 2 amide bonds. The third-order valence-corrected chi connectivity index (χ3v) is 5.87. The number of nitrogens with one attached hydrogen (secondary N) is 1. The van der Waals surface area contributed by atoms with Gasteiger partial charge in [0.05, 0.1) is 17.8 Å². The van der Waals surface area contributed by atoms with E-state index in [9.17, 15) is 4.79 Å². The average molecular weight is 343 g/mol. The normalized spacial score (nSPS) is 23.1. The molecule has 0 aliphatic carbocycles. The topological polar surface area (TPSA) is 58.4 Å². The second-order valence-electron chi connectivity index (χ2n) is 6.40. The van der Waals surface area contributed by atoms with Crippen LogP contribution in [0.15, 0.2) is 39.8 Å². The fraction of sp³-hybridized carbons (Fsp3) is 0.444. The first kappa shape index (κ1) is 15.6. The van der Waals surface area contributed by atoms with E-state index in [2.05, 4.69) is 28.7 Å². The molecule has 2 aromatic rings. The van der Waals surface area contributed by atoms with Crippen LogP contribution in [0.25, 0.3) is 0 Å². The summed E-state index contributed by atoms with van der Waals surface area (Å²) in [6, 6.07) is 10.4. The van der Waals surface area contributed by atoms with Gasteiger partial charge in [0.25, 0.3) is 0 Å². The van der Waals surface area contributed by atoms with Gasteiger partial charge in [-0.15, -0.1) is 11.8 Å². The highest BCUT2D eigenvalue weighted by Crippen LogP contribution is 2.37. The Balaban J connectivity index is 1.50. The fourth-order valence-corrected chi connectivity index (χ4v) is 4.70. The van der Waals surface area contributed by atoms with Gasteiger partial charge >= 0.3 is 6.03 Å². The van der Waals surface area contributed by atoms with Crippen LogP contribution >= 0.6 is 11.8 Å². The van der Waals surface area contributed by atoms with Crippen molar-refractivity contribution in [1.29, 1.82) is 0 Å². The number of aryl methyl sites for hydroxylation is 1. The average Bonchev–Trinajstić information content (AvgIpc) is 3.24. The van der Waals surface area contributed by atoms with Crippen LogP contribution in [0.5, 0.6) is 0 Å². The lowest BCUT2D eigenvalue weighted by Crippen LogP contribution is -2.41. The molecule has 2 aliphatic heterocycles. The molecule has 2 atom stereocenters. The third kappa shape index (κ3) is 2.90. The van der Waals surface area contributed by atoms with Crippen LogP contribution in [0.3, 0.4) is 0 Å². The number of nitrogens with zero attached hydrogens (tertiary/aromatic N) is 2. The summed E-state index contributed by atoms with van der Waals surface area (Å²) in [6.45, 7) is 2.67. The van der Waals surface area contributed by atoms with Crippen molar-refractivity contribution in [3.63, 3.8) is 0 Å². The standard InChI is InChI=1S/C18H21N3O2S/c1-12-11-16(23-20-12)15-6-4-9-21(15)18(22)19-14-8-10-24-17-7-3-2-5-13(14)17/h2-3,5,7,11,14-15H,4,6,8-10H2,1H3,(H,19,22)/t14-,15+/m0/s1. The smallest absolute Gasteiger partial charge is 0.318 e. The van der Waals surface area contributed by atoms with E-state index in [4.69, 9.17) is 4.52 Å². The van der Waals surface area contributed by atoms with E-state index in [0.29, 0.717) is 0 Å². The van der Waals surface area contributed by atoms with Crippen LogP contribution in [0.4, 0.5) is 4.79 Å². The molecule has 24 heavy (non-hydrogen) atoms. The second kappa shape index (κ2) is 6.51. The number of carbonyl (C=O) groups excluding carboxylic acids is 1. The Bertz CT molecular complexity index is 745. The Hall–Kier alpha value is -1.95. The van der Waals surface area contributed by atoms with E-state index in [1.54, 1.807) is 0 Å². The predicted octanol–water partition coefficient (Wildman–Crippen LogP) is 4.07. The minimum absolute atomic E-state index is 0.000547. The Kier molecular flexibility index (Phi) is 4.22. The van der Waals surface area contributed by atoms with Crippen LogP contribution in [-0.4, -0.2) is 28.4 Å².